The highest BCUT2D eigenvalue weighted by molar-refractivity contribution is 7.89. The molecule has 1 N–H and O–H groups in total. The van der Waals surface area contributed by atoms with E-state index in [9.17, 15) is 31.2 Å². The van der Waals surface area contributed by atoms with E-state index in [1.807, 2.05) is 0 Å². The van der Waals surface area contributed by atoms with Crippen molar-refractivity contribution in [2.75, 3.05) is 26.2 Å². The number of carbonyl (C=O) groups excluding carboxylic acids is 3. The number of nitrogens with one attached hydrogen (secondary N) is 1. The van der Waals surface area contributed by atoms with Crippen LogP contribution in [0.25, 0.3) is 0 Å². The summed E-state index contributed by atoms with van der Waals surface area (Å²) in [5.74, 6) is -3.43. The molecule has 10 nitrogen and oxygen atoms in total. The van der Waals surface area contributed by atoms with Crippen LogP contribution in [-0.4, -0.2) is 74.1 Å². The number of piperidine rings is 3. The third-order valence-corrected chi connectivity index (χ3v) is 9.64. The van der Waals surface area contributed by atoms with Crippen LogP contribution in [0.4, 0.5) is 13.2 Å². The van der Waals surface area contributed by atoms with Gasteiger partial charge in [0.2, 0.25) is 15.8 Å². The SMILES string of the molecule is O=C(C[N+]12CCC(CC1)[C@@H](OC(=O)C(NS(=O)(=O)c1ccccc1)c1ccccc1)C2)c1nccs1.O=C([O-])C(F)(F)F. The van der Waals surface area contributed by atoms with Gasteiger partial charge in [0.25, 0.3) is 0 Å². The number of halogens is 3. The lowest BCUT2D eigenvalue weighted by Gasteiger charge is -2.51. The Balaban J connectivity index is 0.000000541. The van der Waals surface area contributed by atoms with Crippen molar-refractivity contribution < 1.29 is 50.3 Å². The van der Waals surface area contributed by atoms with E-state index >= 15 is 0 Å². The Hall–Kier alpha value is -3.66. The molecule has 0 amide bonds. The first-order valence-electron chi connectivity index (χ1n) is 13.2. The number of esters is 1. The minimum Gasteiger partial charge on any atom is -0.542 e. The van der Waals surface area contributed by atoms with Crippen LogP contribution in [-0.2, 0) is 24.3 Å². The van der Waals surface area contributed by atoms with Crippen molar-refractivity contribution in [2.45, 2.75) is 36.1 Å². The molecule has 0 spiro atoms. The van der Waals surface area contributed by atoms with Crippen molar-refractivity contribution >= 4 is 39.1 Å². The summed E-state index contributed by atoms with van der Waals surface area (Å²) >= 11 is 1.34. The average Bonchev–Trinajstić information content (AvgIpc) is 3.53. The van der Waals surface area contributed by atoms with Gasteiger partial charge in [-0.2, -0.15) is 17.9 Å². The summed E-state index contributed by atoms with van der Waals surface area (Å²) in [5, 5.41) is 11.1. The van der Waals surface area contributed by atoms with Gasteiger partial charge in [-0.1, -0.05) is 48.5 Å². The van der Waals surface area contributed by atoms with Gasteiger partial charge in [0.1, 0.15) is 25.1 Å². The van der Waals surface area contributed by atoms with Crippen LogP contribution in [0.15, 0.2) is 77.1 Å². The number of ketones is 1. The van der Waals surface area contributed by atoms with E-state index in [1.54, 1.807) is 60.1 Å². The monoisotopic (exact) mass is 639 g/mol. The standard InChI is InChI=1S/C26H28N3O5S2.C2HF3O2/c30-22(25-27-13-16-35-25)17-29-14-11-19(12-15-29)23(18-29)34-26(31)24(20-7-3-1-4-8-20)28-36(32,33)21-9-5-2-6-10-21;3-2(4,5)1(6)7/h1-10,13,16,19,23-24,28H,11-12,14-15,17-18H2;(H,6,7)/q+1;/p-1/t19?,23-,24?,29?;/m0./s1. The number of carboxylic acids is 1. The molecule has 0 saturated carbocycles. The number of alkyl halides is 3. The molecule has 2 aromatic carbocycles. The van der Waals surface area contributed by atoms with Gasteiger partial charge < -0.3 is 19.1 Å². The molecular formula is C28H28F3N3O7S2. The number of carbonyl (C=O) groups is 3. The van der Waals surface area contributed by atoms with Crippen molar-refractivity contribution in [3.8, 4) is 0 Å². The number of benzene rings is 2. The van der Waals surface area contributed by atoms with Crippen LogP contribution < -0.4 is 9.83 Å². The molecule has 3 aliphatic rings. The summed E-state index contributed by atoms with van der Waals surface area (Å²) in [4.78, 5) is 39.3. The van der Waals surface area contributed by atoms with Crippen molar-refractivity contribution in [1.82, 2.24) is 9.71 Å². The number of hydrogen-bond donors (Lipinski definition) is 1. The van der Waals surface area contributed by atoms with E-state index in [2.05, 4.69) is 9.71 Å². The lowest BCUT2D eigenvalue weighted by atomic mass is 9.83. The summed E-state index contributed by atoms with van der Waals surface area (Å²) < 4.78 is 66.8. The lowest BCUT2D eigenvalue weighted by molar-refractivity contribution is -0.938. The van der Waals surface area contributed by atoms with Gasteiger partial charge in [-0.25, -0.2) is 18.2 Å². The van der Waals surface area contributed by atoms with Crippen molar-refractivity contribution in [2.24, 2.45) is 5.92 Å². The Kier molecular flexibility index (Phi) is 10.00. The van der Waals surface area contributed by atoms with Crippen molar-refractivity contribution in [3.63, 3.8) is 0 Å². The second-order valence-electron chi connectivity index (χ2n) is 10.3. The molecule has 0 radical (unpaired) electrons. The molecule has 6 rings (SSSR count). The second-order valence-corrected chi connectivity index (χ2v) is 12.9. The molecule has 230 valence electrons. The maximum atomic E-state index is 13.5. The maximum absolute atomic E-state index is 13.5. The number of hydrogen-bond acceptors (Lipinski definition) is 9. The zero-order chi connectivity index (χ0) is 31.3. The number of aliphatic carboxylic acids is 1. The first-order chi connectivity index (χ1) is 20.3. The highest BCUT2D eigenvalue weighted by Crippen LogP contribution is 2.36. The van der Waals surface area contributed by atoms with E-state index in [0.717, 1.165) is 25.9 Å². The highest BCUT2D eigenvalue weighted by atomic mass is 32.2. The minimum atomic E-state index is -5.19. The second kappa shape index (κ2) is 13.3. The summed E-state index contributed by atoms with van der Waals surface area (Å²) in [5.41, 5.74) is 0.506. The number of thiazole rings is 1. The number of carboxylic acid groups (broad SMARTS) is 1. The average molecular weight is 640 g/mol. The third kappa shape index (κ3) is 8.25. The van der Waals surface area contributed by atoms with Gasteiger partial charge in [0, 0.05) is 30.3 Å². The highest BCUT2D eigenvalue weighted by Gasteiger charge is 2.49. The first kappa shape index (κ1) is 32.3. The zero-order valence-corrected chi connectivity index (χ0v) is 24.2. The first-order valence-corrected chi connectivity index (χ1v) is 15.5. The van der Waals surface area contributed by atoms with Crippen molar-refractivity contribution in [3.05, 3.63) is 82.8 Å². The van der Waals surface area contributed by atoms with Crippen LogP contribution in [0.3, 0.4) is 0 Å². The van der Waals surface area contributed by atoms with Gasteiger partial charge in [-0.15, -0.1) is 11.3 Å². The Morgan fingerprint density at radius 1 is 1.05 bits per heavy atom. The Bertz CT molecular complexity index is 1510. The predicted molar refractivity (Wildman–Crippen MR) is 146 cm³/mol. The predicted octanol–water partition coefficient (Wildman–Crippen LogP) is 2.50. The Labute approximate surface area is 249 Å². The fourth-order valence-corrected chi connectivity index (χ4v) is 7.01. The quantitative estimate of drug-likeness (QED) is 0.214. The normalized spacial score (nSPS) is 22.1. The van der Waals surface area contributed by atoms with Crippen LogP contribution in [0.1, 0.15) is 34.2 Å². The van der Waals surface area contributed by atoms with E-state index in [1.165, 1.54) is 23.5 Å². The molecule has 3 aliphatic heterocycles. The summed E-state index contributed by atoms with van der Waals surface area (Å²) in [6.45, 7) is 2.59. The summed E-state index contributed by atoms with van der Waals surface area (Å²) in [6, 6.07) is 15.5. The lowest BCUT2D eigenvalue weighted by Crippen LogP contribution is -2.66. The summed E-state index contributed by atoms with van der Waals surface area (Å²) in [6.07, 6.45) is -2.23. The molecule has 3 saturated heterocycles. The van der Waals surface area contributed by atoms with E-state index in [4.69, 9.17) is 14.6 Å². The smallest absolute Gasteiger partial charge is 0.430 e. The zero-order valence-electron chi connectivity index (χ0n) is 22.6. The Morgan fingerprint density at radius 3 is 2.16 bits per heavy atom. The number of ether oxygens (including phenoxy) is 1. The van der Waals surface area contributed by atoms with Crippen LogP contribution in [0.2, 0.25) is 0 Å². The van der Waals surface area contributed by atoms with Gasteiger partial charge >= 0.3 is 12.1 Å². The number of nitrogens with zero attached hydrogens (tertiary/aromatic N) is 2. The number of Topliss-reactive ketones (excluding diaryl/α,β-unsaturated/α-hetero) is 1. The van der Waals surface area contributed by atoms with Gasteiger partial charge in [0.15, 0.2) is 11.1 Å². The van der Waals surface area contributed by atoms with Crippen LogP contribution in [0, 0.1) is 5.92 Å². The maximum Gasteiger partial charge on any atom is 0.430 e. The van der Waals surface area contributed by atoms with Crippen molar-refractivity contribution in [1.29, 1.82) is 0 Å². The molecule has 1 unspecified atom stereocenters. The van der Waals surface area contributed by atoms with Crippen LogP contribution in [0.5, 0.6) is 0 Å². The number of rotatable bonds is 9. The summed E-state index contributed by atoms with van der Waals surface area (Å²) in [7, 11) is -3.96. The number of sulfonamides is 1. The van der Waals surface area contributed by atoms with Crippen LogP contribution >= 0.6 is 11.3 Å². The topological polar surface area (TPSA) is 143 Å². The van der Waals surface area contributed by atoms with Gasteiger partial charge in [-0.05, 0) is 17.7 Å². The molecule has 2 bridgehead atoms. The van der Waals surface area contributed by atoms with Gasteiger partial charge in [-0.3, -0.25) is 4.79 Å². The van der Waals surface area contributed by atoms with E-state index in [-0.39, 0.29) is 22.7 Å². The molecule has 3 fully saturated rings. The number of aromatic nitrogens is 1. The molecule has 4 heterocycles. The molecule has 2 atom stereocenters. The van der Waals surface area contributed by atoms with Gasteiger partial charge in [0.05, 0.1) is 18.0 Å². The fraction of sp³-hybridized carbons (Fsp3) is 0.357. The molecule has 43 heavy (non-hydrogen) atoms. The molecule has 1 aromatic heterocycles. The Morgan fingerprint density at radius 2 is 1.63 bits per heavy atom. The molecule has 15 heteroatoms. The number of quaternary nitrogens is 1. The third-order valence-electron chi connectivity index (χ3n) is 7.39. The van der Waals surface area contributed by atoms with E-state index < -0.39 is 34.2 Å². The molecule has 3 aromatic rings. The molecular weight excluding hydrogens is 611 g/mol. The molecule has 0 aliphatic carbocycles. The largest absolute Gasteiger partial charge is 0.542 e. The van der Waals surface area contributed by atoms with E-state index in [0.29, 0.717) is 28.1 Å². The fourth-order valence-electron chi connectivity index (χ4n) is 5.25. The number of fused-ring (bicyclic) bond motifs is 3. The minimum absolute atomic E-state index is 0.00760.